The maximum Gasteiger partial charge on any atom is 0.306 e. The van der Waals surface area contributed by atoms with Crippen LogP contribution in [0.1, 0.15) is 46.0 Å². The molecule has 0 aromatic carbocycles. The van der Waals surface area contributed by atoms with Gasteiger partial charge in [0.25, 0.3) is 0 Å². The third kappa shape index (κ3) is 4.77. The maximum atomic E-state index is 12.1. The van der Waals surface area contributed by atoms with E-state index in [1.165, 1.54) is 0 Å². The van der Waals surface area contributed by atoms with Gasteiger partial charge in [-0.3, -0.25) is 9.59 Å². The smallest absolute Gasteiger partial charge is 0.306 e. The Morgan fingerprint density at radius 1 is 1.25 bits per heavy atom. The molecule has 1 unspecified atom stereocenters. The van der Waals surface area contributed by atoms with E-state index in [0.29, 0.717) is 25.7 Å². The fraction of sp³-hybridized carbons (Fsp3) is 0.846. The number of amides is 1. The van der Waals surface area contributed by atoms with Gasteiger partial charge in [-0.05, 0) is 39.0 Å². The zero-order valence-electron chi connectivity index (χ0n) is 12.0. The Balaban J connectivity index is 2.54. The van der Waals surface area contributed by atoms with Crippen molar-refractivity contribution in [3.63, 3.8) is 0 Å². The minimum atomic E-state index is -3.49. The van der Waals surface area contributed by atoms with Crippen LogP contribution in [0.5, 0.6) is 0 Å². The summed E-state index contributed by atoms with van der Waals surface area (Å²) in [5.41, 5.74) is 0. The van der Waals surface area contributed by atoms with E-state index in [1.807, 2.05) is 13.8 Å². The fourth-order valence-corrected chi connectivity index (χ4v) is 4.06. The van der Waals surface area contributed by atoms with Crippen LogP contribution in [0.3, 0.4) is 0 Å². The third-order valence-electron chi connectivity index (χ3n) is 3.88. The van der Waals surface area contributed by atoms with Crippen LogP contribution < -0.4 is 5.32 Å². The summed E-state index contributed by atoms with van der Waals surface area (Å²) in [4.78, 5) is 22.5. The van der Waals surface area contributed by atoms with E-state index in [0.717, 1.165) is 6.42 Å². The van der Waals surface area contributed by atoms with Gasteiger partial charge >= 0.3 is 5.97 Å². The van der Waals surface area contributed by atoms with Crippen molar-refractivity contribution in [1.82, 2.24) is 5.32 Å². The van der Waals surface area contributed by atoms with E-state index in [1.54, 1.807) is 0 Å². The lowest BCUT2D eigenvalue weighted by Gasteiger charge is -2.25. The molecule has 1 fully saturated rings. The topological polar surface area (TPSA) is 101 Å². The van der Waals surface area contributed by atoms with E-state index >= 15 is 0 Å². The molecular formula is C13H23NO5S. The largest absolute Gasteiger partial charge is 0.481 e. The van der Waals surface area contributed by atoms with Crippen LogP contribution in [0.25, 0.3) is 0 Å². The molecule has 7 heteroatoms. The molecule has 0 aliphatic heterocycles. The first-order valence-corrected chi connectivity index (χ1v) is 8.71. The van der Waals surface area contributed by atoms with Gasteiger partial charge in [-0.2, -0.15) is 0 Å². The SMILES string of the molecule is CCC(C)NC(=O)CS(=O)(=O)C1CCC(C(=O)O)CC1. The number of carboxylic acid groups (broad SMARTS) is 1. The second kappa shape index (κ2) is 7.06. The number of carbonyl (C=O) groups excluding carboxylic acids is 1. The quantitative estimate of drug-likeness (QED) is 0.761. The molecule has 0 aromatic rings. The van der Waals surface area contributed by atoms with Crippen LogP contribution in [-0.2, 0) is 19.4 Å². The van der Waals surface area contributed by atoms with Crippen molar-refractivity contribution >= 4 is 21.7 Å². The summed E-state index contributed by atoms with van der Waals surface area (Å²) in [5, 5.41) is 10.9. The highest BCUT2D eigenvalue weighted by Crippen LogP contribution is 2.29. The molecule has 0 saturated heterocycles. The number of hydrogen-bond acceptors (Lipinski definition) is 4. The average Bonchev–Trinajstić information content (AvgIpc) is 2.37. The first kappa shape index (κ1) is 16.9. The molecule has 2 N–H and O–H groups in total. The molecule has 0 radical (unpaired) electrons. The highest BCUT2D eigenvalue weighted by atomic mass is 32.2. The van der Waals surface area contributed by atoms with Gasteiger partial charge in [-0.25, -0.2) is 8.42 Å². The van der Waals surface area contributed by atoms with Crippen molar-refractivity contribution in [2.45, 2.75) is 57.2 Å². The molecular weight excluding hydrogens is 282 g/mol. The van der Waals surface area contributed by atoms with Crippen molar-refractivity contribution in [3.8, 4) is 0 Å². The first-order chi connectivity index (χ1) is 9.26. The number of nitrogens with one attached hydrogen (secondary N) is 1. The molecule has 0 spiro atoms. The minimum absolute atomic E-state index is 0.0413. The molecule has 1 atom stereocenters. The molecule has 0 aromatic heterocycles. The average molecular weight is 305 g/mol. The van der Waals surface area contributed by atoms with Gasteiger partial charge in [-0.15, -0.1) is 0 Å². The summed E-state index contributed by atoms with van der Waals surface area (Å²) >= 11 is 0. The summed E-state index contributed by atoms with van der Waals surface area (Å²) in [5.74, 6) is -2.29. The fourth-order valence-electron chi connectivity index (χ4n) is 2.39. The first-order valence-electron chi connectivity index (χ1n) is 7.00. The van der Waals surface area contributed by atoms with Gasteiger partial charge < -0.3 is 10.4 Å². The van der Waals surface area contributed by atoms with Crippen LogP contribution in [0, 0.1) is 5.92 Å². The molecule has 20 heavy (non-hydrogen) atoms. The summed E-state index contributed by atoms with van der Waals surface area (Å²) < 4.78 is 24.3. The van der Waals surface area contributed by atoms with Gasteiger partial charge in [0, 0.05) is 6.04 Å². The molecule has 1 aliphatic carbocycles. The van der Waals surface area contributed by atoms with Gasteiger partial charge in [0.1, 0.15) is 5.75 Å². The maximum absolute atomic E-state index is 12.1. The lowest BCUT2D eigenvalue weighted by molar-refractivity contribution is -0.142. The highest BCUT2D eigenvalue weighted by Gasteiger charge is 2.34. The summed E-state index contributed by atoms with van der Waals surface area (Å²) in [6, 6.07) is -0.0413. The van der Waals surface area contributed by atoms with Gasteiger partial charge in [-0.1, -0.05) is 6.92 Å². The van der Waals surface area contributed by atoms with E-state index in [2.05, 4.69) is 5.32 Å². The van der Waals surface area contributed by atoms with Crippen molar-refractivity contribution in [2.75, 3.05) is 5.75 Å². The Kier molecular flexibility index (Phi) is 5.98. The van der Waals surface area contributed by atoms with E-state index < -0.39 is 38.6 Å². The van der Waals surface area contributed by atoms with Crippen molar-refractivity contribution in [2.24, 2.45) is 5.92 Å². The number of carboxylic acids is 1. The summed E-state index contributed by atoms with van der Waals surface area (Å²) in [6.45, 7) is 3.73. The number of carbonyl (C=O) groups is 2. The van der Waals surface area contributed by atoms with E-state index in [4.69, 9.17) is 5.11 Å². The van der Waals surface area contributed by atoms with Crippen LogP contribution in [-0.4, -0.2) is 42.4 Å². The molecule has 0 bridgehead atoms. The second-order valence-electron chi connectivity index (χ2n) is 5.50. The van der Waals surface area contributed by atoms with Crippen molar-refractivity contribution in [3.05, 3.63) is 0 Å². The summed E-state index contributed by atoms with van der Waals surface area (Å²) in [6.07, 6.45) is 2.14. The standard InChI is InChI=1S/C13H23NO5S/c1-3-9(2)14-12(15)8-20(18,19)11-6-4-10(5-7-11)13(16)17/h9-11H,3-8H2,1-2H3,(H,14,15)(H,16,17). The molecule has 1 saturated carbocycles. The van der Waals surface area contributed by atoms with Crippen LogP contribution in [0.15, 0.2) is 0 Å². The Labute approximate surface area is 119 Å². The molecule has 1 rings (SSSR count). The Bertz CT molecular complexity index is 451. The second-order valence-corrected chi connectivity index (χ2v) is 7.78. The van der Waals surface area contributed by atoms with Crippen molar-refractivity contribution in [1.29, 1.82) is 0 Å². The lowest BCUT2D eigenvalue weighted by Crippen LogP contribution is -2.40. The highest BCUT2D eigenvalue weighted by molar-refractivity contribution is 7.92. The Morgan fingerprint density at radius 2 is 1.80 bits per heavy atom. The van der Waals surface area contributed by atoms with Crippen LogP contribution in [0.4, 0.5) is 0 Å². The molecule has 0 heterocycles. The Morgan fingerprint density at radius 3 is 2.25 bits per heavy atom. The van der Waals surface area contributed by atoms with Gasteiger partial charge in [0.05, 0.1) is 11.2 Å². The number of aliphatic carboxylic acids is 1. The number of sulfone groups is 1. The number of rotatable bonds is 6. The molecule has 6 nitrogen and oxygen atoms in total. The van der Waals surface area contributed by atoms with Gasteiger partial charge in [0.15, 0.2) is 9.84 Å². The van der Waals surface area contributed by atoms with E-state index in [-0.39, 0.29) is 6.04 Å². The van der Waals surface area contributed by atoms with Gasteiger partial charge in [0.2, 0.25) is 5.91 Å². The Hall–Kier alpha value is -1.11. The molecule has 1 aliphatic rings. The predicted octanol–water partition coefficient (Wildman–Crippen LogP) is 0.959. The molecule has 1 amide bonds. The van der Waals surface area contributed by atoms with Crippen LogP contribution >= 0.6 is 0 Å². The van der Waals surface area contributed by atoms with Crippen molar-refractivity contribution < 1.29 is 23.1 Å². The van der Waals surface area contributed by atoms with Crippen LogP contribution in [0.2, 0.25) is 0 Å². The predicted molar refractivity (Wildman–Crippen MR) is 75.1 cm³/mol. The monoisotopic (exact) mass is 305 g/mol. The third-order valence-corrected chi connectivity index (χ3v) is 6.04. The zero-order chi connectivity index (χ0) is 15.3. The normalized spacial score (nSPS) is 24.9. The number of hydrogen-bond donors (Lipinski definition) is 2. The van der Waals surface area contributed by atoms with E-state index in [9.17, 15) is 18.0 Å². The minimum Gasteiger partial charge on any atom is -0.481 e. The molecule has 116 valence electrons. The lowest BCUT2D eigenvalue weighted by atomic mass is 9.89. The zero-order valence-corrected chi connectivity index (χ0v) is 12.8. The summed E-state index contributed by atoms with van der Waals surface area (Å²) in [7, 11) is -3.49.